The third-order valence-corrected chi connectivity index (χ3v) is 4.56. The van der Waals surface area contributed by atoms with E-state index in [1.807, 2.05) is 0 Å². The second-order valence-electron chi connectivity index (χ2n) is 6.39. The average molecular weight is 370 g/mol. The van der Waals surface area contributed by atoms with Crippen LogP contribution in [0.25, 0.3) is 22.3 Å². The number of unbranched alkanes of at least 4 members (excludes halogenated alkanes) is 2. The SMILES string of the molecule is CCCCCc1c(O)c(OC)c(O)c2c(=O)cc(-c3ccc(O)cc3)oc12. The molecule has 0 spiro atoms. The number of hydrogen-bond acceptors (Lipinski definition) is 6. The zero-order chi connectivity index (χ0) is 19.6. The van der Waals surface area contributed by atoms with Crippen LogP contribution in [0, 0.1) is 0 Å². The molecule has 0 saturated heterocycles. The van der Waals surface area contributed by atoms with Gasteiger partial charge in [0.1, 0.15) is 22.5 Å². The van der Waals surface area contributed by atoms with Crippen molar-refractivity contribution in [3.63, 3.8) is 0 Å². The van der Waals surface area contributed by atoms with Gasteiger partial charge in [-0.2, -0.15) is 0 Å². The van der Waals surface area contributed by atoms with Crippen molar-refractivity contribution in [1.82, 2.24) is 0 Å². The van der Waals surface area contributed by atoms with E-state index in [1.54, 1.807) is 12.1 Å². The molecule has 0 fully saturated rings. The number of benzene rings is 2. The van der Waals surface area contributed by atoms with Gasteiger partial charge in [-0.3, -0.25) is 4.79 Å². The number of rotatable bonds is 6. The van der Waals surface area contributed by atoms with Crippen LogP contribution in [-0.4, -0.2) is 22.4 Å². The first-order valence-electron chi connectivity index (χ1n) is 8.85. The van der Waals surface area contributed by atoms with Gasteiger partial charge < -0.3 is 24.5 Å². The van der Waals surface area contributed by atoms with Gasteiger partial charge in [0.2, 0.25) is 5.75 Å². The summed E-state index contributed by atoms with van der Waals surface area (Å²) in [6.07, 6.45) is 3.22. The first-order valence-corrected chi connectivity index (χ1v) is 8.85. The van der Waals surface area contributed by atoms with E-state index in [0.717, 1.165) is 19.3 Å². The third-order valence-electron chi connectivity index (χ3n) is 4.56. The smallest absolute Gasteiger partial charge is 0.204 e. The van der Waals surface area contributed by atoms with E-state index in [9.17, 15) is 20.1 Å². The van der Waals surface area contributed by atoms with Gasteiger partial charge in [0.15, 0.2) is 16.9 Å². The topological polar surface area (TPSA) is 100 Å². The predicted molar refractivity (Wildman–Crippen MR) is 103 cm³/mol. The van der Waals surface area contributed by atoms with Crippen LogP contribution in [0.2, 0.25) is 0 Å². The van der Waals surface area contributed by atoms with Crippen molar-refractivity contribution in [1.29, 1.82) is 0 Å². The lowest BCUT2D eigenvalue weighted by molar-refractivity contribution is 0.344. The van der Waals surface area contributed by atoms with Gasteiger partial charge in [-0.15, -0.1) is 0 Å². The van der Waals surface area contributed by atoms with Crippen molar-refractivity contribution in [3.05, 3.63) is 46.1 Å². The number of phenols is 3. The highest BCUT2D eigenvalue weighted by Crippen LogP contribution is 2.45. The van der Waals surface area contributed by atoms with Crippen LogP contribution in [0.3, 0.4) is 0 Å². The lowest BCUT2D eigenvalue weighted by Gasteiger charge is -2.15. The molecule has 0 unspecified atom stereocenters. The van der Waals surface area contributed by atoms with Crippen molar-refractivity contribution in [3.8, 4) is 34.3 Å². The van der Waals surface area contributed by atoms with E-state index in [2.05, 4.69) is 6.92 Å². The fraction of sp³-hybridized carbons (Fsp3) is 0.286. The Balaban J connectivity index is 2.28. The normalized spacial score (nSPS) is 11.0. The standard InChI is InChI=1S/C21H22O6/c1-3-4-5-6-14-18(24)21(26-2)19(25)17-15(23)11-16(27-20(14)17)12-7-9-13(22)10-8-12/h7-11,22,24-25H,3-6H2,1-2H3. The summed E-state index contributed by atoms with van der Waals surface area (Å²) in [6.45, 7) is 2.07. The van der Waals surface area contributed by atoms with Crippen molar-refractivity contribution in [2.24, 2.45) is 0 Å². The van der Waals surface area contributed by atoms with Gasteiger partial charge in [-0.05, 0) is 37.1 Å². The van der Waals surface area contributed by atoms with Crippen molar-refractivity contribution >= 4 is 11.0 Å². The molecule has 3 rings (SSSR count). The molecule has 1 aromatic heterocycles. The Kier molecular flexibility index (Phi) is 5.26. The molecule has 0 aliphatic heterocycles. The largest absolute Gasteiger partial charge is 0.508 e. The molecule has 27 heavy (non-hydrogen) atoms. The Morgan fingerprint density at radius 2 is 1.74 bits per heavy atom. The second-order valence-corrected chi connectivity index (χ2v) is 6.39. The third kappa shape index (κ3) is 3.43. The van der Waals surface area contributed by atoms with Gasteiger partial charge in [0.05, 0.1) is 7.11 Å². The molecule has 0 aliphatic rings. The van der Waals surface area contributed by atoms with Gasteiger partial charge in [-0.25, -0.2) is 0 Å². The van der Waals surface area contributed by atoms with Crippen molar-refractivity contribution < 1.29 is 24.5 Å². The van der Waals surface area contributed by atoms with Crippen molar-refractivity contribution in [2.75, 3.05) is 7.11 Å². The molecule has 2 aromatic carbocycles. The summed E-state index contributed by atoms with van der Waals surface area (Å²) in [7, 11) is 1.32. The van der Waals surface area contributed by atoms with Gasteiger partial charge in [-0.1, -0.05) is 19.8 Å². The number of hydrogen-bond donors (Lipinski definition) is 3. The maximum absolute atomic E-state index is 12.7. The molecule has 3 aromatic rings. The molecule has 1 heterocycles. The molecule has 6 heteroatoms. The summed E-state index contributed by atoms with van der Waals surface area (Å²) in [4.78, 5) is 12.7. The number of methoxy groups -OCH3 is 1. The van der Waals surface area contributed by atoms with Crippen LogP contribution in [0.4, 0.5) is 0 Å². The minimum absolute atomic E-state index is 0.0151. The number of aryl methyl sites for hydroxylation is 1. The Bertz CT molecular complexity index is 1020. The van der Waals surface area contributed by atoms with Crippen LogP contribution in [-0.2, 0) is 6.42 Å². The molecule has 0 saturated carbocycles. The van der Waals surface area contributed by atoms with Crippen LogP contribution >= 0.6 is 0 Å². The molecule has 0 radical (unpaired) electrons. The summed E-state index contributed by atoms with van der Waals surface area (Å²) in [5, 5.41) is 30.4. The summed E-state index contributed by atoms with van der Waals surface area (Å²) < 4.78 is 11.0. The van der Waals surface area contributed by atoms with Crippen LogP contribution in [0.5, 0.6) is 23.0 Å². The maximum Gasteiger partial charge on any atom is 0.204 e. The first-order chi connectivity index (χ1) is 13.0. The highest BCUT2D eigenvalue weighted by Gasteiger charge is 2.24. The average Bonchev–Trinajstić information content (AvgIpc) is 2.65. The number of ether oxygens (including phenoxy) is 1. The Labute approximate surface area is 156 Å². The van der Waals surface area contributed by atoms with Gasteiger partial charge >= 0.3 is 0 Å². The molecule has 0 atom stereocenters. The fourth-order valence-corrected chi connectivity index (χ4v) is 3.15. The van der Waals surface area contributed by atoms with Crippen LogP contribution in [0.15, 0.2) is 39.5 Å². The lowest BCUT2D eigenvalue weighted by atomic mass is 10.0. The Morgan fingerprint density at radius 3 is 2.37 bits per heavy atom. The number of phenolic OH excluding ortho intramolecular Hbond substituents is 3. The number of aromatic hydroxyl groups is 3. The first kappa shape index (κ1) is 18.6. The van der Waals surface area contributed by atoms with E-state index in [-0.39, 0.29) is 34.0 Å². The summed E-state index contributed by atoms with van der Waals surface area (Å²) in [5.41, 5.74) is 0.747. The van der Waals surface area contributed by atoms with E-state index in [4.69, 9.17) is 9.15 Å². The van der Waals surface area contributed by atoms with Crippen molar-refractivity contribution in [2.45, 2.75) is 32.6 Å². The zero-order valence-corrected chi connectivity index (χ0v) is 15.3. The van der Waals surface area contributed by atoms with E-state index in [0.29, 0.717) is 17.5 Å². The fourth-order valence-electron chi connectivity index (χ4n) is 3.15. The molecular weight excluding hydrogens is 348 g/mol. The summed E-state index contributed by atoms with van der Waals surface area (Å²) in [6, 6.07) is 7.51. The monoisotopic (exact) mass is 370 g/mol. The number of fused-ring (bicyclic) bond motifs is 1. The van der Waals surface area contributed by atoms with E-state index in [1.165, 1.54) is 25.3 Å². The van der Waals surface area contributed by atoms with E-state index < -0.39 is 11.2 Å². The molecule has 0 bridgehead atoms. The lowest BCUT2D eigenvalue weighted by Crippen LogP contribution is -2.04. The van der Waals surface area contributed by atoms with Gasteiger partial charge in [0.25, 0.3) is 0 Å². The molecule has 6 nitrogen and oxygen atoms in total. The molecule has 3 N–H and O–H groups in total. The quantitative estimate of drug-likeness (QED) is 0.559. The minimum Gasteiger partial charge on any atom is -0.508 e. The van der Waals surface area contributed by atoms with Crippen LogP contribution in [0.1, 0.15) is 31.7 Å². The van der Waals surface area contributed by atoms with E-state index >= 15 is 0 Å². The summed E-state index contributed by atoms with van der Waals surface area (Å²) >= 11 is 0. The Hall–Kier alpha value is -3.15. The molecule has 0 aliphatic carbocycles. The highest BCUT2D eigenvalue weighted by molar-refractivity contribution is 5.92. The van der Waals surface area contributed by atoms with Gasteiger partial charge in [0, 0.05) is 17.2 Å². The maximum atomic E-state index is 12.7. The second kappa shape index (κ2) is 7.61. The molecule has 0 amide bonds. The summed E-state index contributed by atoms with van der Waals surface area (Å²) in [5.74, 6) is -0.395. The van der Waals surface area contributed by atoms with Crippen LogP contribution < -0.4 is 10.2 Å². The molecule has 142 valence electrons. The molecular formula is C21H22O6. The zero-order valence-electron chi connectivity index (χ0n) is 15.3. The predicted octanol–water partition coefficient (Wildman–Crippen LogP) is 4.32. The Morgan fingerprint density at radius 1 is 1.04 bits per heavy atom. The highest BCUT2D eigenvalue weighted by atomic mass is 16.5. The minimum atomic E-state index is -0.438.